The molecule has 1 rings (SSSR count). The Morgan fingerprint density at radius 2 is 2.07 bits per heavy atom. The van der Waals surface area contributed by atoms with Crippen LogP contribution in [0.2, 0.25) is 0 Å². The average molecular weight is 214 g/mol. The van der Waals surface area contributed by atoms with E-state index in [0.717, 1.165) is 19.7 Å². The number of hydrogen-bond acceptors (Lipinski definition) is 3. The van der Waals surface area contributed by atoms with Gasteiger partial charge in [-0.3, -0.25) is 4.90 Å². The topological polar surface area (TPSA) is 38.5 Å². The molecule has 15 heavy (non-hydrogen) atoms. The van der Waals surface area contributed by atoms with Gasteiger partial charge in [0.15, 0.2) is 0 Å². The lowest BCUT2D eigenvalue weighted by atomic mass is 10.0. The molecule has 1 saturated heterocycles. The molecule has 0 aliphatic carbocycles. The van der Waals surface area contributed by atoms with E-state index in [0.29, 0.717) is 6.04 Å². The molecule has 0 spiro atoms. The summed E-state index contributed by atoms with van der Waals surface area (Å²) in [4.78, 5) is 2.48. The third-order valence-corrected chi connectivity index (χ3v) is 2.93. The number of ether oxygens (including phenoxy) is 1. The molecule has 0 saturated carbocycles. The van der Waals surface area contributed by atoms with Crippen molar-refractivity contribution < 1.29 is 4.74 Å². The molecule has 3 heteroatoms. The summed E-state index contributed by atoms with van der Waals surface area (Å²) in [5, 5.41) is 0. The molecule has 0 aromatic carbocycles. The van der Waals surface area contributed by atoms with Crippen LogP contribution >= 0.6 is 0 Å². The van der Waals surface area contributed by atoms with Crippen LogP contribution in [0.4, 0.5) is 0 Å². The molecule has 0 bridgehead atoms. The third kappa shape index (κ3) is 4.96. The largest absolute Gasteiger partial charge is 0.375 e. The summed E-state index contributed by atoms with van der Waals surface area (Å²) in [6, 6.07) is 0.585. The number of rotatable bonds is 4. The van der Waals surface area contributed by atoms with Crippen molar-refractivity contribution >= 4 is 0 Å². The van der Waals surface area contributed by atoms with Gasteiger partial charge in [-0.05, 0) is 40.2 Å². The molecule has 90 valence electrons. The van der Waals surface area contributed by atoms with Crippen LogP contribution in [0.25, 0.3) is 0 Å². The minimum atomic E-state index is -0.0198. The van der Waals surface area contributed by atoms with Crippen LogP contribution in [0, 0.1) is 0 Å². The van der Waals surface area contributed by atoms with Crippen LogP contribution in [0.5, 0.6) is 0 Å². The van der Waals surface area contributed by atoms with E-state index < -0.39 is 0 Å². The van der Waals surface area contributed by atoms with Crippen LogP contribution in [-0.4, -0.2) is 42.8 Å². The second-order valence-corrected chi connectivity index (χ2v) is 5.38. The average Bonchev–Trinajstić information content (AvgIpc) is 2.16. The quantitative estimate of drug-likeness (QED) is 0.773. The molecule has 0 amide bonds. The Kier molecular flexibility index (Phi) is 5.03. The van der Waals surface area contributed by atoms with Gasteiger partial charge in [-0.2, -0.15) is 0 Å². The predicted octanol–water partition coefficient (Wildman–Crippen LogP) is 1.61. The van der Waals surface area contributed by atoms with Gasteiger partial charge < -0.3 is 10.5 Å². The van der Waals surface area contributed by atoms with Crippen molar-refractivity contribution in [1.29, 1.82) is 0 Å². The Morgan fingerprint density at radius 3 is 2.67 bits per heavy atom. The van der Waals surface area contributed by atoms with E-state index in [1.165, 1.54) is 25.8 Å². The van der Waals surface area contributed by atoms with E-state index in [-0.39, 0.29) is 5.60 Å². The van der Waals surface area contributed by atoms with Crippen molar-refractivity contribution in [3.8, 4) is 0 Å². The first-order valence-electron chi connectivity index (χ1n) is 6.11. The fourth-order valence-electron chi connectivity index (χ4n) is 2.09. The zero-order valence-corrected chi connectivity index (χ0v) is 10.5. The van der Waals surface area contributed by atoms with E-state index in [1.54, 1.807) is 0 Å². The molecule has 0 aromatic rings. The maximum absolute atomic E-state index is 5.77. The maximum Gasteiger partial charge on any atom is 0.0600 e. The van der Waals surface area contributed by atoms with Crippen molar-refractivity contribution in [3.63, 3.8) is 0 Å². The van der Waals surface area contributed by atoms with Crippen LogP contribution in [-0.2, 0) is 4.74 Å². The Balaban J connectivity index is 2.23. The fraction of sp³-hybridized carbons (Fsp3) is 1.00. The van der Waals surface area contributed by atoms with E-state index in [9.17, 15) is 0 Å². The summed E-state index contributed by atoms with van der Waals surface area (Å²) in [6.07, 6.45) is 3.90. The van der Waals surface area contributed by atoms with Gasteiger partial charge in [0.1, 0.15) is 0 Å². The normalized spacial score (nSPS) is 24.4. The summed E-state index contributed by atoms with van der Waals surface area (Å²) in [6.45, 7) is 10.1. The molecular formula is C12H26N2O. The van der Waals surface area contributed by atoms with Gasteiger partial charge in [0.25, 0.3) is 0 Å². The summed E-state index contributed by atoms with van der Waals surface area (Å²) < 4.78 is 5.74. The lowest BCUT2D eigenvalue weighted by Crippen LogP contribution is -2.45. The summed E-state index contributed by atoms with van der Waals surface area (Å²) in [7, 11) is 0. The highest BCUT2D eigenvalue weighted by molar-refractivity contribution is 4.77. The van der Waals surface area contributed by atoms with Crippen molar-refractivity contribution in [2.75, 3.05) is 26.2 Å². The SMILES string of the molecule is CC(C)(C)OCCN1CCCCC1CN. The zero-order valence-electron chi connectivity index (χ0n) is 10.5. The van der Waals surface area contributed by atoms with Gasteiger partial charge in [-0.1, -0.05) is 6.42 Å². The number of hydrogen-bond donors (Lipinski definition) is 1. The second kappa shape index (κ2) is 5.83. The van der Waals surface area contributed by atoms with Crippen molar-refractivity contribution in [3.05, 3.63) is 0 Å². The molecule has 1 fully saturated rings. The van der Waals surface area contributed by atoms with Crippen molar-refractivity contribution in [2.24, 2.45) is 5.73 Å². The summed E-state index contributed by atoms with van der Waals surface area (Å²) in [5.74, 6) is 0. The minimum absolute atomic E-state index is 0.0198. The molecule has 3 nitrogen and oxygen atoms in total. The second-order valence-electron chi connectivity index (χ2n) is 5.38. The van der Waals surface area contributed by atoms with Crippen molar-refractivity contribution in [2.45, 2.75) is 51.7 Å². The van der Waals surface area contributed by atoms with Crippen LogP contribution in [0.3, 0.4) is 0 Å². The minimum Gasteiger partial charge on any atom is -0.375 e. The predicted molar refractivity (Wildman–Crippen MR) is 64.0 cm³/mol. The Morgan fingerprint density at radius 1 is 1.33 bits per heavy atom. The number of nitrogens with two attached hydrogens (primary N) is 1. The Bertz CT molecular complexity index is 177. The van der Waals surface area contributed by atoms with Crippen LogP contribution < -0.4 is 5.73 Å². The van der Waals surface area contributed by atoms with Crippen molar-refractivity contribution in [1.82, 2.24) is 4.90 Å². The third-order valence-electron chi connectivity index (χ3n) is 2.93. The molecular weight excluding hydrogens is 188 g/mol. The summed E-state index contributed by atoms with van der Waals surface area (Å²) >= 11 is 0. The molecule has 1 heterocycles. The highest BCUT2D eigenvalue weighted by Gasteiger charge is 2.21. The highest BCUT2D eigenvalue weighted by atomic mass is 16.5. The molecule has 1 aliphatic rings. The molecule has 1 unspecified atom stereocenters. The van der Waals surface area contributed by atoms with E-state index in [4.69, 9.17) is 10.5 Å². The number of nitrogens with zero attached hydrogens (tertiary/aromatic N) is 1. The van der Waals surface area contributed by atoms with Gasteiger partial charge in [0.2, 0.25) is 0 Å². The lowest BCUT2D eigenvalue weighted by Gasteiger charge is -2.35. The first-order chi connectivity index (χ1) is 7.03. The van der Waals surface area contributed by atoms with Gasteiger partial charge in [-0.25, -0.2) is 0 Å². The molecule has 0 aromatic heterocycles. The van der Waals surface area contributed by atoms with E-state index in [1.807, 2.05) is 0 Å². The standard InChI is InChI=1S/C12H26N2O/c1-12(2,3)15-9-8-14-7-5-4-6-11(14)10-13/h11H,4-10,13H2,1-3H3. The fourth-order valence-corrected chi connectivity index (χ4v) is 2.09. The molecule has 0 radical (unpaired) electrons. The lowest BCUT2D eigenvalue weighted by molar-refractivity contribution is -0.0204. The first-order valence-corrected chi connectivity index (χ1v) is 6.11. The molecule has 1 atom stereocenters. The van der Waals surface area contributed by atoms with Gasteiger partial charge in [0.05, 0.1) is 12.2 Å². The van der Waals surface area contributed by atoms with E-state index in [2.05, 4.69) is 25.7 Å². The number of likely N-dealkylation sites (tertiary alicyclic amines) is 1. The van der Waals surface area contributed by atoms with E-state index >= 15 is 0 Å². The Hall–Kier alpha value is -0.120. The maximum atomic E-state index is 5.77. The molecule has 2 N–H and O–H groups in total. The molecule has 1 aliphatic heterocycles. The zero-order chi connectivity index (χ0) is 11.3. The number of piperidine rings is 1. The van der Waals surface area contributed by atoms with Gasteiger partial charge >= 0.3 is 0 Å². The van der Waals surface area contributed by atoms with Crippen LogP contribution in [0.15, 0.2) is 0 Å². The van der Waals surface area contributed by atoms with Gasteiger partial charge in [-0.15, -0.1) is 0 Å². The monoisotopic (exact) mass is 214 g/mol. The smallest absolute Gasteiger partial charge is 0.0600 e. The summed E-state index contributed by atoms with van der Waals surface area (Å²) in [5.41, 5.74) is 5.75. The first kappa shape index (κ1) is 12.9. The van der Waals surface area contributed by atoms with Gasteiger partial charge in [0, 0.05) is 19.1 Å². The van der Waals surface area contributed by atoms with Crippen LogP contribution in [0.1, 0.15) is 40.0 Å². The Labute approximate surface area is 94.0 Å². The highest BCUT2D eigenvalue weighted by Crippen LogP contribution is 2.16.